The highest BCUT2D eigenvalue weighted by Crippen LogP contribution is 2.13. The van der Waals surface area contributed by atoms with Crippen molar-refractivity contribution >= 4 is 11.8 Å². The van der Waals surface area contributed by atoms with Crippen molar-refractivity contribution in [2.45, 2.75) is 33.7 Å². The van der Waals surface area contributed by atoms with Gasteiger partial charge in [-0.05, 0) is 44.0 Å². The van der Waals surface area contributed by atoms with Crippen molar-refractivity contribution in [3.8, 4) is 5.75 Å². The zero-order valence-corrected chi connectivity index (χ0v) is 14.1. The first-order valence-corrected chi connectivity index (χ1v) is 7.68. The van der Waals surface area contributed by atoms with Crippen LogP contribution in [0, 0.1) is 5.92 Å². The second-order valence-corrected chi connectivity index (χ2v) is 5.43. The number of ether oxygens (including phenoxy) is 1. The molecule has 1 aromatic rings. The van der Waals surface area contributed by atoms with Gasteiger partial charge in [0.15, 0.2) is 0 Å². The van der Waals surface area contributed by atoms with Crippen molar-refractivity contribution < 1.29 is 14.3 Å². The molecule has 0 heterocycles. The molecule has 1 aromatic carbocycles. The van der Waals surface area contributed by atoms with Gasteiger partial charge >= 0.3 is 0 Å². The minimum Gasteiger partial charge on any atom is -0.497 e. The van der Waals surface area contributed by atoms with E-state index in [0.717, 1.165) is 0 Å². The Bertz CT molecular complexity index is 493. The lowest BCUT2D eigenvalue weighted by molar-refractivity contribution is -0.133. The summed E-state index contributed by atoms with van der Waals surface area (Å²) in [6.07, 6.45) is 0. The predicted octanol–water partition coefficient (Wildman–Crippen LogP) is 2.32. The molecule has 0 aliphatic rings. The number of hydrogen-bond acceptors (Lipinski definition) is 3. The Hall–Kier alpha value is -2.04. The fourth-order valence-electron chi connectivity index (χ4n) is 2.21. The number of likely N-dealkylation sites (N-methyl/N-ethyl adjacent to an activating group) is 1. The smallest absolute Gasteiger partial charge is 0.251 e. The van der Waals surface area contributed by atoms with Crippen LogP contribution >= 0.6 is 0 Å². The molecular formula is C17H26N2O3. The first-order chi connectivity index (χ1) is 10.4. The van der Waals surface area contributed by atoms with E-state index in [1.54, 1.807) is 36.3 Å². The summed E-state index contributed by atoms with van der Waals surface area (Å²) in [5, 5.41) is 2.85. The molecule has 2 amide bonds. The van der Waals surface area contributed by atoms with Crippen molar-refractivity contribution in [2.24, 2.45) is 5.92 Å². The fraction of sp³-hybridized carbons (Fsp3) is 0.529. The molecule has 1 rings (SSSR count). The third-order valence-electron chi connectivity index (χ3n) is 3.65. The van der Waals surface area contributed by atoms with E-state index in [1.807, 2.05) is 27.7 Å². The molecule has 0 saturated heterocycles. The number of rotatable bonds is 7. The molecule has 0 aliphatic heterocycles. The standard InChI is InChI=1S/C17H26N2O3/c1-6-19(7-2)17(21)15(12(3)4)18-16(20)13-8-10-14(22-5)11-9-13/h8-12,15H,6-7H2,1-5H3,(H,18,20). The Morgan fingerprint density at radius 2 is 1.68 bits per heavy atom. The molecule has 0 radical (unpaired) electrons. The lowest BCUT2D eigenvalue weighted by Gasteiger charge is -2.28. The normalized spacial score (nSPS) is 11.9. The summed E-state index contributed by atoms with van der Waals surface area (Å²) >= 11 is 0. The number of methoxy groups -OCH3 is 1. The number of carbonyl (C=O) groups excluding carboxylic acids is 2. The molecule has 1 unspecified atom stereocenters. The molecule has 22 heavy (non-hydrogen) atoms. The van der Waals surface area contributed by atoms with Crippen molar-refractivity contribution in [1.29, 1.82) is 0 Å². The van der Waals surface area contributed by atoms with Crippen LogP contribution in [0.15, 0.2) is 24.3 Å². The highest BCUT2D eigenvalue weighted by molar-refractivity contribution is 5.97. The monoisotopic (exact) mass is 306 g/mol. The van der Waals surface area contributed by atoms with Crippen LogP contribution in [0.3, 0.4) is 0 Å². The van der Waals surface area contributed by atoms with Gasteiger partial charge in [0, 0.05) is 18.7 Å². The molecule has 5 heteroatoms. The van der Waals surface area contributed by atoms with Gasteiger partial charge in [-0.1, -0.05) is 13.8 Å². The second kappa shape index (κ2) is 8.41. The van der Waals surface area contributed by atoms with E-state index in [4.69, 9.17) is 4.74 Å². The van der Waals surface area contributed by atoms with Gasteiger partial charge in [0.25, 0.3) is 5.91 Å². The molecule has 122 valence electrons. The number of nitrogens with one attached hydrogen (secondary N) is 1. The summed E-state index contributed by atoms with van der Waals surface area (Å²) in [6, 6.07) is 6.31. The molecule has 0 aliphatic carbocycles. The zero-order valence-electron chi connectivity index (χ0n) is 14.1. The summed E-state index contributed by atoms with van der Waals surface area (Å²) in [5.41, 5.74) is 0.513. The topological polar surface area (TPSA) is 58.6 Å². The van der Waals surface area contributed by atoms with Gasteiger partial charge in [0.1, 0.15) is 11.8 Å². The van der Waals surface area contributed by atoms with E-state index in [9.17, 15) is 9.59 Å². The molecule has 1 atom stereocenters. The van der Waals surface area contributed by atoms with Gasteiger partial charge in [-0.3, -0.25) is 9.59 Å². The summed E-state index contributed by atoms with van der Waals surface area (Å²) < 4.78 is 5.07. The number of carbonyl (C=O) groups is 2. The lowest BCUT2D eigenvalue weighted by atomic mass is 10.0. The van der Waals surface area contributed by atoms with Crippen LogP contribution in [0.5, 0.6) is 5.75 Å². The van der Waals surface area contributed by atoms with Crippen molar-refractivity contribution in [1.82, 2.24) is 10.2 Å². The van der Waals surface area contributed by atoms with Gasteiger partial charge in [0.2, 0.25) is 5.91 Å². The summed E-state index contributed by atoms with van der Waals surface area (Å²) in [7, 11) is 1.58. The average Bonchev–Trinajstić information content (AvgIpc) is 2.53. The molecule has 1 N–H and O–H groups in total. The third-order valence-corrected chi connectivity index (χ3v) is 3.65. The summed E-state index contributed by atoms with van der Waals surface area (Å²) in [5.74, 6) is 0.426. The molecule has 0 bridgehead atoms. The number of nitrogens with zero attached hydrogens (tertiary/aromatic N) is 1. The minimum atomic E-state index is -0.519. The van der Waals surface area contributed by atoms with Gasteiger partial charge in [-0.25, -0.2) is 0 Å². The number of benzene rings is 1. The number of amides is 2. The Morgan fingerprint density at radius 3 is 2.09 bits per heavy atom. The maximum atomic E-state index is 12.5. The van der Waals surface area contributed by atoms with Crippen LogP contribution in [0.1, 0.15) is 38.1 Å². The SMILES string of the molecule is CCN(CC)C(=O)C(NC(=O)c1ccc(OC)cc1)C(C)C. The highest BCUT2D eigenvalue weighted by Gasteiger charge is 2.27. The van der Waals surface area contributed by atoms with Gasteiger partial charge in [0.05, 0.1) is 7.11 Å². The molecular weight excluding hydrogens is 280 g/mol. The molecule has 0 saturated carbocycles. The summed E-state index contributed by atoms with van der Waals surface area (Å²) in [6.45, 7) is 9.00. The van der Waals surface area contributed by atoms with E-state index in [-0.39, 0.29) is 17.7 Å². The molecule has 0 aromatic heterocycles. The van der Waals surface area contributed by atoms with Crippen LogP contribution in [-0.2, 0) is 4.79 Å². The Kier molecular flexibility index (Phi) is 6.89. The van der Waals surface area contributed by atoms with Crippen LogP contribution < -0.4 is 10.1 Å². The quantitative estimate of drug-likeness (QED) is 0.841. The second-order valence-electron chi connectivity index (χ2n) is 5.43. The average molecular weight is 306 g/mol. The highest BCUT2D eigenvalue weighted by atomic mass is 16.5. The van der Waals surface area contributed by atoms with Crippen molar-refractivity contribution in [3.63, 3.8) is 0 Å². The zero-order chi connectivity index (χ0) is 16.7. The minimum absolute atomic E-state index is 0.0234. The Labute approximate surface area is 132 Å². The van der Waals surface area contributed by atoms with E-state index in [2.05, 4.69) is 5.32 Å². The van der Waals surface area contributed by atoms with E-state index >= 15 is 0 Å². The van der Waals surface area contributed by atoms with Crippen molar-refractivity contribution in [2.75, 3.05) is 20.2 Å². The third kappa shape index (κ3) is 4.48. The first-order valence-electron chi connectivity index (χ1n) is 7.68. The lowest BCUT2D eigenvalue weighted by Crippen LogP contribution is -2.51. The van der Waals surface area contributed by atoms with E-state index in [0.29, 0.717) is 24.4 Å². The molecule has 0 spiro atoms. The molecule has 5 nitrogen and oxygen atoms in total. The number of hydrogen-bond donors (Lipinski definition) is 1. The largest absolute Gasteiger partial charge is 0.497 e. The van der Waals surface area contributed by atoms with Gasteiger partial charge in [-0.2, -0.15) is 0 Å². The van der Waals surface area contributed by atoms with Crippen molar-refractivity contribution in [3.05, 3.63) is 29.8 Å². The van der Waals surface area contributed by atoms with Crippen LogP contribution in [-0.4, -0.2) is 43.0 Å². The summed E-state index contributed by atoms with van der Waals surface area (Å²) in [4.78, 5) is 26.6. The van der Waals surface area contributed by atoms with Gasteiger partial charge in [-0.15, -0.1) is 0 Å². The Balaban J connectivity index is 2.85. The first kappa shape index (κ1) is 18.0. The predicted molar refractivity (Wildman–Crippen MR) is 87.0 cm³/mol. The van der Waals surface area contributed by atoms with E-state index in [1.165, 1.54) is 0 Å². The maximum absolute atomic E-state index is 12.5. The Morgan fingerprint density at radius 1 is 1.14 bits per heavy atom. The van der Waals surface area contributed by atoms with Crippen LogP contribution in [0.2, 0.25) is 0 Å². The fourth-order valence-corrected chi connectivity index (χ4v) is 2.21. The molecule has 0 fully saturated rings. The van der Waals surface area contributed by atoms with Gasteiger partial charge < -0.3 is 15.0 Å². The van der Waals surface area contributed by atoms with E-state index < -0.39 is 6.04 Å². The van der Waals surface area contributed by atoms with Crippen LogP contribution in [0.25, 0.3) is 0 Å². The maximum Gasteiger partial charge on any atom is 0.251 e. The van der Waals surface area contributed by atoms with Crippen LogP contribution in [0.4, 0.5) is 0 Å².